The first kappa shape index (κ1) is 12.6. The van der Waals surface area contributed by atoms with Gasteiger partial charge in [-0.3, -0.25) is 0 Å². The second-order valence-corrected chi connectivity index (χ2v) is 5.83. The van der Waals surface area contributed by atoms with Crippen LogP contribution in [-0.4, -0.2) is 15.0 Å². The predicted molar refractivity (Wildman–Crippen MR) is 72.7 cm³/mol. The molecule has 1 unspecified atom stereocenters. The second kappa shape index (κ2) is 5.19. The van der Waals surface area contributed by atoms with E-state index in [0.29, 0.717) is 6.54 Å². The summed E-state index contributed by atoms with van der Waals surface area (Å²) in [6.45, 7) is 4.69. The van der Waals surface area contributed by atoms with Gasteiger partial charge in [0.2, 0.25) is 0 Å². The van der Waals surface area contributed by atoms with E-state index in [2.05, 4.69) is 26.2 Å². The van der Waals surface area contributed by atoms with Crippen LogP contribution in [0.1, 0.15) is 28.6 Å². The van der Waals surface area contributed by atoms with E-state index in [-0.39, 0.29) is 4.83 Å². The van der Waals surface area contributed by atoms with Gasteiger partial charge < -0.3 is 0 Å². The number of halogens is 2. The Labute approximate surface area is 114 Å². The van der Waals surface area contributed by atoms with E-state index in [1.165, 1.54) is 0 Å². The van der Waals surface area contributed by atoms with Crippen LogP contribution >= 0.6 is 27.5 Å². The number of hydrogen-bond acceptors (Lipinski definition) is 2. The summed E-state index contributed by atoms with van der Waals surface area (Å²) in [7, 11) is 0. The Bertz CT molecular complexity index is 522. The van der Waals surface area contributed by atoms with Gasteiger partial charge in [0.25, 0.3) is 0 Å². The number of alkyl halides is 1. The summed E-state index contributed by atoms with van der Waals surface area (Å²) in [5.41, 5.74) is 3.14. The Hall–Kier alpha value is -0.870. The third-order valence-electron chi connectivity index (χ3n) is 2.50. The van der Waals surface area contributed by atoms with Crippen LogP contribution in [0.25, 0.3) is 0 Å². The summed E-state index contributed by atoms with van der Waals surface area (Å²) in [4.78, 5) is 0.213. The van der Waals surface area contributed by atoms with E-state index in [0.717, 1.165) is 21.8 Å². The Balaban J connectivity index is 2.19. The first-order chi connectivity index (χ1) is 8.06. The first-order valence-electron chi connectivity index (χ1n) is 5.35. The minimum atomic E-state index is 0.213. The third kappa shape index (κ3) is 3.07. The van der Waals surface area contributed by atoms with Gasteiger partial charge in [-0.05, 0) is 31.0 Å². The molecule has 2 rings (SSSR count). The molecular weight excluding hydrogens is 302 g/mol. The van der Waals surface area contributed by atoms with Crippen molar-refractivity contribution < 1.29 is 0 Å². The van der Waals surface area contributed by atoms with Crippen molar-refractivity contribution >= 4 is 27.5 Å². The molecule has 0 saturated carbocycles. The van der Waals surface area contributed by atoms with E-state index in [1.807, 2.05) is 38.2 Å². The maximum atomic E-state index is 6.18. The number of aromatic nitrogens is 3. The van der Waals surface area contributed by atoms with Crippen LogP contribution in [0.3, 0.4) is 0 Å². The highest BCUT2D eigenvalue weighted by Gasteiger charge is 2.07. The molecule has 17 heavy (non-hydrogen) atoms. The molecule has 1 heterocycles. The molecule has 1 atom stereocenters. The lowest BCUT2D eigenvalue weighted by molar-refractivity contribution is 0.649. The fraction of sp³-hybridized carbons (Fsp3) is 0.333. The summed E-state index contributed by atoms with van der Waals surface area (Å²) in [6.07, 6.45) is 1.93. The van der Waals surface area contributed by atoms with Gasteiger partial charge in [-0.2, -0.15) is 0 Å². The minimum Gasteiger partial charge on any atom is -0.248 e. The Morgan fingerprint density at radius 2 is 2.24 bits per heavy atom. The van der Waals surface area contributed by atoms with Crippen molar-refractivity contribution in [1.29, 1.82) is 0 Å². The van der Waals surface area contributed by atoms with Gasteiger partial charge in [0.05, 0.1) is 17.1 Å². The zero-order valence-electron chi connectivity index (χ0n) is 9.69. The van der Waals surface area contributed by atoms with Gasteiger partial charge in [-0.1, -0.05) is 44.9 Å². The highest BCUT2D eigenvalue weighted by atomic mass is 79.9. The van der Waals surface area contributed by atoms with Gasteiger partial charge in [0.15, 0.2) is 0 Å². The summed E-state index contributed by atoms with van der Waals surface area (Å²) in [5, 5.41) is 8.93. The topological polar surface area (TPSA) is 30.7 Å². The molecule has 0 fully saturated rings. The van der Waals surface area contributed by atoms with Gasteiger partial charge >= 0.3 is 0 Å². The van der Waals surface area contributed by atoms with Crippen molar-refractivity contribution in [3.63, 3.8) is 0 Å². The van der Waals surface area contributed by atoms with Crippen molar-refractivity contribution in [3.8, 4) is 0 Å². The van der Waals surface area contributed by atoms with Gasteiger partial charge in [0, 0.05) is 11.2 Å². The minimum absolute atomic E-state index is 0.213. The molecule has 0 saturated heterocycles. The van der Waals surface area contributed by atoms with Gasteiger partial charge in [-0.25, -0.2) is 4.68 Å². The molecule has 90 valence electrons. The summed E-state index contributed by atoms with van der Waals surface area (Å²) < 4.78 is 1.80. The molecule has 0 aliphatic carbocycles. The molecule has 0 radical (unpaired) electrons. The smallest absolute Gasteiger partial charge is 0.0960 e. The maximum Gasteiger partial charge on any atom is 0.0960 e. The molecule has 0 spiro atoms. The monoisotopic (exact) mass is 313 g/mol. The average Bonchev–Trinajstić information content (AvgIpc) is 2.71. The second-order valence-electron chi connectivity index (χ2n) is 4.05. The lowest BCUT2D eigenvalue weighted by Gasteiger charge is -2.04. The molecule has 0 amide bonds. The largest absolute Gasteiger partial charge is 0.248 e. The van der Waals surface area contributed by atoms with Crippen molar-refractivity contribution in [2.24, 2.45) is 0 Å². The SMILES string of the molecule is Cc1ccc(Cn2cc(C(C)Br)nn2)c(Cl)c1. The molecule has 3 nitrogen and oxygen atoms in total. The Kier molecular flexibility index (Phi) is 3.84. The van der Waals surface area contributed by atoms with Crippen LogP contribution in [0.15, 0.2) is 24.4 Å². The molecule has 1 aromatic carbocycles. The average molecular weight is 315 g/mol. The van der Waals surface area contributed by atoms with Crippen LogP contribution in [0.2, 0.25) is 5.02 Å². The molecule has 5 heteroatoms. The third-order valence-corrected chi connectivity index (χ3v) is 3.33. The fourth-order valence-electron chi connectivity index (χ4n) is 1.53. The normalized spacial score (nSPS) is 12.7. The number of aryl methyl sites for hydroxylation is 1. The maximum absolute atomic E-state index is 6.18. The molecule has 1 aromatic heterocycles. The summed E-state index contributed by atoms with van der Waals surface area (Å²) in [6, 6.07) is 6.03. The number of benzene rings is 1. The van der Waals surface area contributed by atoms with Crippen LogP contribution in [-0.2, 0) is 6.54 Å². The summed E-state index contributed by atoms with van der Waals surface area (Å²) >= 11 is 9.64. The quantitative estimate of drug-likeness (QED) is 0.808. The number of rotatable bonds is 3. The zero-order chi connectivity index (χ0) is 12.4. The lowest BCUT2D eigenvalue weighted by atomic mass is 10.1. The van der Waals surface area contributed by atoms with Crippen molar-refractivity contribution in [2.45, 2.75) is 25.2 Å². The van der Waals surface area contributed by atoms with E-state index >= 15 is 0 Å². The standard InChI is InChI=1S/C12H13BrClN3/c1-8-3-4-10(11(14)5-8)6-17-7-12(9(2)13)15-16-17/h3-5,7,9H,6H2,1-2H3. The van der Waals surface area contributed by atoms with Crippen LogP contribution < -0.4 is 0 Å². The van der Waals surface area contributed by atoms with Crippen LogP contribution in [0.5, 0.6) is 0 Å². The first-order valence-corrected chi connectivity index (χ1v) is 6.65. The fourth-order valence-corrected chi connectivity index (χ4v) is 2.03. The highest BCUT2D eigenvalue weighted by molar-refractivity contribution is 9.09. The summed E-state index contributed by atoms with van der Waals surface area (Å²) in [5.74, 6) is 0. The van der Waals surface area contributed by atoms with Gasteiger partial charge in [-0.15, -0.1) is 5.10 Å². The Morgan fingerprint density at radius 3 is 2.82 bits per heavy atom. The van der Waals surface area contributed by atoms with Crippen LogP contribution in [0.4, 0.5) is 0 Å². The highest BCUT2D eigenvalue weighted by Crippen LogP contribution is 2.21. The lowest BCUT2D eigenvalue weighted by Crippen LogP contribution is -2.01. The van der Waals surface area contributed by atoms with E-state index in [4.69, 9.17) is 11.6 Å². The number of nitrogens with zero attached hydrogens (tertiary/aromatic N) is 3. The molecule has 0 aliphatic rings. The van der Waals surface area contributed by atoms with Gasteiger partial charge in [0.1, 0.15) is 0 Å². The van der Waals surface area contributed by atoms with Crippen molar-refractivity contribution in [3.05, 3.63) is 46.2 Å². The van der Waals surface area contributed by atoms with E-state index in [9.17, 15) is 0 Å². The molecule has 0 bridgehead atoms. The molecule has 2 aromatic rings. The molecule has 0 aliphatic heterocycles. The van der Waals surface area contributed by atoms with Crippen molar-refractivity contribution in [2.75, 3.05) is 0 Å². The zero-order valence-corrected chi connectivity index (χ0v) is 12.0. The number of hydrogen-bond donors (Lipinski definition) is 0. The Morgan fingerprint density at radius 1 is 1.47 bits per heavy atom. The van der Waals surface area contributed by atoms with E-state index < -0.39 is 0 Å². The van der Waals surface area contributed by atoms with Crippen LogP contribution in [0, 0.1) is 6.92 Å². The van der Waals surface area contributed by atoms with Crippen molar-refractivity contribution in [1.82, 2.24) is 15.0 Å². The molecular formula is C12H13BrClN3. The predicted octanol–water partition coefficient (Wildman–Crippen LogP) is 3.74. The molecule has 0 N–H and O–H groups in total. The van der Waals surface area contributed by atoms with E-state index in [1.54, 1.807) is 4.68 Å².